The van der Waals surface area contributed by atoms with E-state index in [-0.39, 0.29) is 17.9 Å². The Morgan fingerprint density at radius 1 is 1.40 bits per heavy atom. The Morgan fingerprint density at radius 3 is 2.67 bits per heavy atom. The van der Waals surface area contributed by atoms with Crippen molar-refractivity contribution >= 4 is 11.9 Å². The number of carboxylic acids is 1. The lowest BCUT2D eigenvalue weighted by molar-refractivity contribution is -0.133. The Kier molecular flexibility index (Phi) is 3.78. The summed E-state index contributed by atoms with van der Waals surface area (Å²) in [5.74, 6) is 3.12. The standard InChI is InChI=1S/C9H10N2O4/c10-11-5-8(12)15-7-4-2-1-3-6(7)9(13)14/h1-4,11H,5,10H2,(H,13,14). The molecule has 0 bridgehead atoms. The minimum Gasteiger partial charge on any atom is -0.478 e. The molecule has 1 aromatic carbocycles. The number of carbonyl (C=O) groups excluding carboxylic acids is 1. The van der Waals surface area contributed by atoms with Crippen LogP contribution in [0.5, 0.6) is 5.75 Å². The summed E-state index contributed by atoms with van der Waals surface area (Å²) in [4.78, 5) is 21.8. The first kappa shape index (κ1) is 11.2. The van der Waals surface area contributed by atoms with Crippen LogP contribution in [0.2, 0.25) is 0 Å². The van der Waals surface area contributed by atoms with E-state index in [1.54, 1.807) is 12.1 Å². The van der Waals surface area contributed by atoms with Gasteiger partial charge in [-0.2, -0.15) is 0 Å². The van der Waals surface area contributed by atoms with Crippen molar-refractivity contribution in [3.8, 4) is 5.75 Å². The average molecular weight is 210 g/mol. The van der Waals surface area contributed by atoms with Gasteiger partial charge in [0.15, 0.2) is 0 Å². The third-order valence-electron chi connectivity index (χ3n) is 1.59. The molecular formula is C9H10N2O4. The van der Waals surface area contributed by atoms with Gasteiger partial charge in [0.1, 0.15) is 17.9 Å². The topological polar surface area (TPSA) is 102 Å². The average Bonchev–Trinajstić information content (AvgIpc) is 2.18. The zero-order chi connectivity index (χ0) is 11.3. The maximum absolute atomic E-state index is 11.0. The highest BCUT2D eigenvalue weighted by molar-refractivity contribution is 5.92. The van der Waals surface area contributed by atoms with E-state index in [2.05, 4.69) is 5.43 Å². The fourth-order valence-electron chi connectivity index (χ4n) is 0.974. The van der Waals surface area contributed by atoms with Crippen molar-refractivity contribution in [2.24, 2.45) is 5.84 Å². The van der Waals surface area contributed by atoms with E-state index in [1.165, 1.54) is 12.1 Å². The van der Waals surface area contributed by atoms with E-state index in [9.17, 15) is 9.59 Å². The molecule has 15 heavy (non-hydrogen) atoms. The molecule has 0 atom stereocenters. The number of hydrogen-bond acceptors (Lipinski definition) is 5. The minimum absolute atomic E-state index is 0.00486. The van der Waals surface area contributed by atoms with Gasteiger partial charge in [0.05, 0.1) is 0 Å². The molecule has 0 heterocycles. The molecule has 80 valence electrons. The van der Waals surface area contributed by atoms with Crippen LogP contribution in [-0.4, -0.2) is 23.6 Å². The maximum Gasteiger partial charge on any atom is 0.339 e. The first-order valence-corrected chi connectivity index (χ1v) is 4.11. The zero-order valence-corrected chi connectivity index (χ0v) is 7.77. The highest BCUT2D eigenvalue weighted by Gasteiger charge is 2.12. The summed E-state index contributed by atoms with van der Waals surface area (Å²) < 4.78 is 4.78. The summed E-state index contributed by atoms with van der Waals surface area (Å²) in [6, 6.07) is 5.87. The van der Waals surface area contributed by atoms with E-state index in [0.29, 0.717) is 0 Å². The molecule has 0 unspecified atom stereocenters. The van der Waals surface area contributed by atoms with Gasteiger partial charge in [-0.3, -0.25) is 10.6 Å². The number of aromatic carboxylic acids is 1. The van der Waals surface area contributed by atoms with Gasteiger partial charge in [-0.25, -0.2) is 10.2 Å². The predicted molar refractivity (Wildman–Crippen MR) is 51.2 cm³/mol. The van der Waals surface area contributed by atoms with E-state index in [4.69, 9.17) is 15.7 Å². The molecule has 0 saturated heterocycles. The molecule has 0 aromatic heterocycles. The van der Waals surface area contributed by atoms with Crippen LogP contribution in [0.15, 0.2) is 24.3 Å². The second kappa shape index (κ2) is 5.08. The van der Waals surface area contributed by atoms with Gasteiger partial charge < -0.3 is 9.84 Å². The quantitative estimate of drug-likeness (QED) is 0.274. The number of para-hydroxylation sites is 1. The first-order valence-electron chi connectivity index (χ1n) is 4.11. The van der Waals surface area contributed by atoms with Crippen LogP contribution in [-0.2, 0) is 4.79 Å². The van der Waals surface area contributed by atoms with E-state index < -0.39 is 11.9 Å². The van der Waals surface area contributed by atoms with Crippen LogP contribution >= 0.6 is 0 Å². The van der Waals surface area contributed by atoms with E-state index in [0.717, 1.165) is 0 Å². The van der Waals surface area contributed by atoms with Crippen molar-refractivity contribution in [3.05, 3.63) is 29.8 Å². The van der Waals surface area contributed by atoms with Crippen LogP contribution in [0.4, 0.5) is 0 Å². The molecule has 1 rings (SSSR count). The number of carbonyl (C=O) groups is 2. The van der Waals surface area contributed by atoms with Crippen molar-refractivity contribution in [3.63, 3.8) is 0 Å². The number of nitrogens with two attached hydrogens (primary N) is 1. The van der Waals surface area contributed by atoms with Crippen LogP contribution in [0, 0.1) is 0 Å². The Balaban J connectivity index is 2.84. The zero-order valence-electron chi connectivity index (χ0n) is 7.77. The third kappa shape index (κ3) is 3.04. The number of hydrogen-bond donors (Lipinski definition) is 3. The van der Waals surface area contributed by atoms with Crippen LogP contribution in [0.25, 0.3) is 0 Å². The summed E-state index contributed by atoms with van der Waals surface area (Å²) in [6.45, 7) is -0.187. The van der Waals surface area contributed by atoms with E-state index in [1.807, 2.05) is 0 Å². The SMILES string of the molecule is NNCC(=O)Oc1ccccc1C(=O)O. The summed E-state index contributed by atoms with van der Waals surface area (Å²) >= 11 is 0. The number of esters is 1. The number of carboxylic acid groups (broad SMARTS) is 1. The van der Waals surface area contributed by atoms with Crippen LogP contribution in [0.3, 0.4) is 0 Å². The number of hydrazine groups is 1. The Hall–Kier alpha value is -1.92. The van der Waals surface area contributed by atoms with Gasteiger partial charge in [0.25, 0.3) is 0 Å². The van der Waals surface area contributed by atoms with Gasteiger partial charge in [0, 0.05) is 0 Å². The molecule has 0 fully saturated rings. The highest BCUT2D eigenvalue weighted by atomic mass is 16.5. The lowest BCUT2D eigenvalue weighted by Crippen LogP contribution is -2.31. The third-order valence-corrected chi connectivity index (χ3v) is 1.59. The smallest absolute Gasteiger partial charge is 0.339 e. The molecule has 6 nitrogen and oxygen atoms in total. The second-order valence-electron chi connectivity index (χ2n) is 2.66. The summed E-state index contributed by atoms with van der Waals surface area (Å²) in [5, 5.41) is 8.78. The molecule has 0 aliphatic carbocycles. The molecule has 0 spiro atoms. The second-order valence-corrected chi connectivity index (χ2v) is 2.66. The summed E-state index contributed by atoms with van der Waals surface area (Å²) in [7, 11) is 0. The number of nitrogens with one attached hydrogen (secondary N) is 1. The van der Waals surface area contributed by atoms with Crippen molar-refractivity contribution in [1.82, 2.24) is 5.43 Å². The summed E-state index contributed by atoms with van der Waals surface area (Å²) in [6.07, 6.45) is 0. The van der Waals surface area contributed by atoms with Crippen molar-refractivity contribution in [1.29, 1.82) is 0 Å². The monoisotopic (exact) mass is 210 g/mol. The fourth-order valence-corrected chi connectivity index (χ4v) is 0.974. The molecule has 0 aliphatic rings. The lowest BCUT2D eigenvalue weighted by Gasteiger charge is -2.06. The number of benzene rings is 1. The molecule has 6 heteroatoms. The first-order chi connectivity index (χ1) is 7.15. The molecule has 0 radical (unpaired) electrons. The Bertz CT molecular complexity index is 378. The lowest BCUT2D eigenvalue weighted by atomic mass is 10.2. The molecular weight excluding hydrogens is 200 g/mol. The molecule has 4 N–H and O–H groups in total. The van der Waals surface area contributed by atoms with Gasteiger partial charge in [-0.15, -0.1) is 0 Å². The fraction of sp³-hybridized carbons (Fsp3) is 0.111. The number of rotatable bonds is 4. The van der Waals surface area contributed by atoms with Gasteiger partial charge in [0.2, 0.25) is 0 Å². The Labute approximate surface area is 85.6 Å². The van der Waals surface area contributed by atoms with Crippen molar-refractivity contribution < 1.29 is 19.4 Å². The van der Waals surface area contributed by atoms with Crippen LogP contribution in [0.1, 0.15) is 10.4 Å². The minimum atomic E-state index is -1.15. The maximum atomic E-state index is 11.0. The molecule has 0 aliphatic heterocycles. The highest BCUT2D eigenvalue weighted by Crippen LogP contribution is 2.17. The molecule has 1 aromatic rings. The van der Waals surface area contributed by atoms with E-state index >= 15 is 0 Å². The molecule has 0 amide bonds. The largest absolute Gasteiger partial charge is 0.478 e. The normalized spacial score (nSPS) is 9.67. The Morgan fingerprint density at radius 2 is 2.07 bits per heavy atom. The van der Waals surface area contributed by atoms with Gasteiger partial charge in [-0.1, -0.05) is 12.1 Å². The number of ether oxygens (including phenoxy) is 1. The van der Waals surface area contributed by atoms with Gasteiger partial charge in [-0.05, 0) is 12.1 Å². The van der Waals surface area contributed by atoms with Crippen molar-refractivity contribution in [2.75, 3.05) is 6.54 Å². The van der Waals surface area contributed by atoms with Crippen LogP contribution < -0.4 is 16.0 Å². The predicted octanol–water partition coefficient (Wildman–Crippen LogP) is -0.247. The van der Waals surface area contributed by atoms with Crippen molar-refractivity contribution in [2.45, 2.75) is 0 Å². The molecule has 0 saturated carbocycles. The summed E-state index contributed by atoms with van der Waals surface area (Å²) in [5.41, 5.74) is 2.05. The van der Waals surface area contributed by atoms with Gasteiger partial charge >= 0.3 is 11.9 Å².